The van der Waals surface area contributed by atoms with E-state index in [-0.39, 0.29) is 25.5 Å². The summed E-state index contributed by atoms with van der Waals surface area (Å²) in [7, 11) is 3.20. The topological polar surface area (TPSA) is 147 Å². The number of carbonyl (C=O) groups is 1. The number of nitrogens with zero attached hydrogens (tertiary/aromatic N) is 4. The highest BCUT2D eigenvalue weighted by molar-refractivity contribution is 6.01. The number of rotatable bonds is 15. The Bertz CT molecular complexity index is 1740. The molecule has 2 N–H and O–H groups in total. The van der Waals surface area contributed by atoms with Gasteiger partial charge < -0.3 is 29.4 Å². The molecule has 1 heterocycles. The van der Waals surface area contributed by atoms with Gasteiger partial charge in [0, 0.05) is 42.2 Å². The summed E-state index contributed by atoms with van der Waals surface area (Å²) in [6, 6.07) is 29.4. The molecule has 0 bridgehead atoms. The number of ether oxygens (including phenoxy) is 4. The Hall–Kier alpha value is -5.51. The van der Waals surface area contributed by atoms with Crippen molar-refractivity contribution in [3.8, 4) is 17.2 Å². The molecule has 4 aromatic rings. The molecule has 1 amide bonds. The van der Waals surface area contributed by atoms with Gasteiger partial charge in [0.1, 0.15) is 17.2 Å². The highest BCUT2D eigenvalue weighted by Crippen LogP contribution is 2.43. The second-order valence-corrected chi connectivity index (χ2v) is 10.9. The maximum atomic E-state index is 14.6. The lowest BCUT2D eigenvalue weighted by Crippen LogP contribution is -2.50. The minimum atomic E-state index is -1.47. The van der Waals surface area contributed by atoms with E-state index in [0.717, 1.165) is 11.1 Å². The Labute approximate surface area is 273 Å². The van der Waals surface area contributed by atoms with E-state index in [1.54, 1.807) is 38.5 Å². The number of aliphatic imine (C=N–C) groups is 1. The zero-order chi connectivity index (χ0) is 33.1. The Morgan fingerprint density at radius 2 is 1.72 bits per heavy atom. The molecule has 0 saturated carbocycles. The van der Waals surface area contributed by atoms with E-state index in [2.05, 4.69) is 15.3 Å². The van der Waals surface area contributed by atoms with Crippen LogP contribution >= 0.6 is 0 Å². The number of aliphatic hydroxyl groups excluding tert-OH is 1. The van der Waals surface area contributed by atoms with Gasteiger partial charge in [-0.05, 0) is 71.1 Å². The number of hydrogen-bond donors (Lipinski definition) is 2. The number of methoxy groups -OCH3 is 2. The van der Waals surface area contributed by atoms with Crippen molar-refractivity contribution in [1.82, 2.24) is 5.32 Å². The van der Waals surface area contributed by atoms with Crippen molar-refractivity contribution in [2.75, 3.05) is 34.0 Å². The number of benzene rings is 4. The molecule has 0 fully saturated rings. The molecule has 1 aliphatic rings. The Balaban J connectivity index is 1.54. The average Bonchev–Trinajstić information content (AvgIpc) is 3.50. The lowest BCUT2D eigenvalue weighted by molar-refractivity contribution is -0.128. The Kier molecular flexibility index (Phi) is 11.0. The van der Waals surface area contributed by atoms with Gasteiger partial charge in [-0.1, -0.05) is 59.7 Å². The van der Waals surface area contributed by atoms with Crippen LogP contribution in [0.5, 0.6) is 17.2 Å². The van der Waals surface area contributed by atoms with Gasteiger partial charge in [-0.15, -0.1) is 0 Å². The largest absolute Gasteiger partial charge is 0.497 e. The van der Waals surface area contributed by atoms with Crippen LogP contribution < -0.4 is 19.5 Å². The first-order chi connectivity index (χ1) is 23.0. The van der Waals surface area contributed by atoms with Gasteiger partial charge >= 0.3 is 0 Å². The molecule has 2 atom stereocenters. The second-order valence-electron chi connectivity index (χ2n) is 10.9. The number of aliphatic hydroxyl groups is 1. The minimum absolute atomic E-state index is 0.0453. The van der Waals surface area contributed by atoms with Crippen molar-refractivity contribution in [2.45, 2.75) is 30.9 Å². The summed E-state index contributed by atoms with van der Waals surface area (Å²) in [6.45, 7) is 0.719. The van der Waals surface area contributed by atoms with Crippen LogP contribution in [0.15, 0.2) is 107 Å². The van der Waals surface area contributed by atoms with Crippen molar-refractivity contribution >= 4 is 17.5 Å². The van der Waals surface area contributed by atoms with Crippen LogP contribution in [0, 0.1) is 0 Å². The van der Waals surface area contributed by atoms with E-state index in [0.29, 0.717) is 59.4 Å². The first kappa shape index (κ1) is 32.9. The number of hydrogen-bond acceptors (Lipinski definition) is 8. The summed E-state index contributed by atoms with van der Waals surface area (Å²) in [4.78, 5) is 22.6. The fourth-order valence-electron chi connectivity index (χ4n) is 5.55. The van der Waals surface area contributed by atoms with E-state index in [1.165, 1.54) is 0 Å². The van der Waals surface area contributed by atoms with Crippen molar-refractivity contribution < 1.29 is 28.8 Å². The van der Waals surface area contributed by atoms with E-state index in [4.69, 9.17) is 29.0 Å². The molecule has 0 aromatic heterocycles. The van der Waals surface area contributed by atoms with Gasteiger partial charge in [-0.25, -0.2) is 4.99 Å². The summed E-state index contributed by atoms with van der Waals surface area (Å²) in [5.41, 5.74) is 11.2. The molecule has 0 saturated heterocycles. The predicted molar refractivity (Wildman–Crippen MR) is 178 cm³/mol. The summed E-state index contributed by atoms with van der Waals surface area (Å²) in [6.07, 6.45) is 0.296. The number of nitrogens with one attached hydrogen (secondary N) is 1. The molecule has 11 heteroatoms. The molecule has 4 aromatic carbocycles. The molecule has 5 rings (SSSR count). The van der Waals surface area contributed by atoms with Crippen LogP contribution in [0.25, 0.3) is 10.4 Å². The van der Waals surface area contributed by atoms with Crippen LogP contribution in [0.1, 0.15) is 34.8 Å². The standard InChI is InChI=1S/C36H37N5O6/c1-44-30-17-18-32(45-2)27(23-30)19-20-38-35(43)36(24-28-11-6-7-12-31(28)40-41-37)33(25-9-4-3-5-10-25)47-34(39-36)26-13-15-29(16-14-26)46-22-8-21-42/h3-7,9-18,23,33,42H,8,19-22,24H2,1-2H3,(H,38,43)/t33-,36-/m1/s1. The zero-order valence-corrected chi connectivity index (χ0v) is 26.3. The van der Waals surface area contributed by atoms with Crippen molar-refractivity contribution in [3.05, 3.63) is 130 Å². The Morgan fingerprint density at radius 1 is 0.979 bits per heavy atom. The molecule has 0 unspecified atom stereocenters. The Morgan fingerprint density at radius 3 is 2.45 bits per heavy atom. The molecule has 0 aliphatic carbocycles. The van der Waals surface area contributed by atoms with Gasteiger partial charge in [-0.2, -0.15) is 0 Å². The van der Waals surface area contributed by atoms with Gasteiger partial charge in [0.2, 0.25) is 5.90 Å². The monoisotopic (exact) mass is 635 g/mol. The van der Waals surface area contributed by atoms with Crippen LogP contribution in [0.2, 0.25) is 0 Å². The smallest absolute Gasteiger partial charge is 0.252 e. The zero-order valence-electron chi connectivity index (χ0n) is 26.3. The second kappa shape index (κ2) is 15.7. The molecule has 11 nitrogen and oxygen atoms in total. The molecule has 0 radical (unpaired) electrons. The number of amides is 1. The maximum Gasteiger partial charge on any atom is 0.252 e. The molecular weight excluding hydrogens is 598 g/mol. The molecular formula is C36H37N5O6. The lowest BCUT2D eigenvalue weighted by atomic mass is 9.81. The van der Waals surface area contributed by atoms with Crippen molar-refractivity contribution in [1.29, 1.82) is 0 Å². The van der Waals surface area contributed by atoms with Gasteiger partial charge in [-0.3, -0.25) is 4.79 Å². The first-order valence-electron chi connectivity index (χ1n) is 15.3. The van der Waals surface area contributed by atoms with E-state index in [1.807, 2.05) is 72.8 Å². The van der Waals surface area contributed by atoms with Gasteiger partial charge in [0.15, 0.2) is 11.6 Å². The fraction of sp³-hybridized carbons (Fsp3) is 0.278. The summed E-state index contributed by atoms with van der Waals surface area (Å²) >= 11 is 0. The third kappa shape index (κ3) is 7.66. The summed E-state index contributed by atoms with van der Waals surface area (Å²) < 4.78 is 23.2. The number of carbonyl (C=O) groups excluding carboxylic acids is 1. The van der Waals surface area contributed by atoms with Gasteiger partial charge in [0.05, 0.1) is 20.8 Å². The van der Waals surface area contributed by atoms with Crippen LogP contribution in [-0.4, -0.2) is 56.4 Å². The highest BCUT2D eigenvalue weighted by Gasteiger charge is 2.53. The SMILES string of the molecule is COc1ccc(OC)c(CCNC(=O)[C@]2(Cc3ccccc3N=[N+]=[N-])N=C(c3ccc(OCCCO)cc3)O[C@@H]2c2ccccc2)c1. The van der Waals surface area contributed by atoms with E-state index in [9.17, 15) is 10.3 Å². The molecule has 0 spiro atoms. The predicted octanol–water partition coefficient (Wildman–Crippen LogP) is 6.27. The number of azide groups is 1. The third-order valence-corrected chi connectivity index (χ3v) is 7.90. The van der Waals surface area contributed by atoms with E-state index >= 15 is 0 Å². The van der Waals surface area contributed by atoms with Crippen molar-refractivity contribution in [3.63, 3.8) is 0 Å². The minimum Gasteiger partial charge on any atom is -0.497 e. The highest BCUT2D eigenvalue weighted by atomic mass is 16.5. The van der Waals surface area contributed by atoms with E-state index < -0.39 is 11.6 Å². The molecule has 1 aliphatic heterocycles. The lowest BCUT2D eigenvalue weighted by Gasteiger charge is -2.31. The fourth-order valence-corrected chi connectivity index (χ4v) is 5.55. The summed E-state index contributed by atoms with van der Waals surface area (Å²) in [5, 5.41) is 16.1. The quantitative estimate of drug-likeness (QED) is 0.0682. The molecule has 47 heavy (non-hydrogen) atoms. The summed E-state index contributed by atoms with van der Waals surface area (Å²) in [5.74, 6) is 1.97. The van der Waals surface area contributed by atoms with Crippen LogP contribution in [-0.2, 0) is 22.4 Å². The maximum absolute atomic E-state index is 14.6. The van der Waals surface area contributed by atoms with Crippen molar-refractivity contribution in [2.24, 2.45) is 10.1 Å². The van der Waals surface area contributed by atoms with Crippen LogP contribution in [0.3, 0.4) is 0 Å². The normalized spacial score (nSPS) is 16.7. The molecule has 242 valence electrons. The van der Waals surface area contributed by atoms with Gasteiger partial charge in [0.25, 0.3) is 5.91 Å². The third-order valence-electron chi connectivity index (χ3n) is 7.90. The van der Waals surface area contributed by atoms with Crippen LogP contribution in [0.4, 0.5) is 5.69 Å². The first-order valence-corrected chi connectivity index (χ1v) is 15.3. The average molecular weight is 636 g/mol.